The molecule has 0 aliphatic carbocycles. The average Bonchev–Trinajstić information content (AvgIpc) is 2.76. The van der Waals surface area contributed by atoms with E-state index in [2.05, 4.69) is 34.3 Å². The van der Waals surface area contributed by atoms with E-state index in [1.807, 2.05) is 35.2 Å². The van der Waals surface area contributed by atoms with Crippen molar-refractivity contribution in [1.82, 2.24) is 14.9 Å². The molecule has 0 aliphatic heterocycles. The Morgan fingerprint density at radius 1 is 1.20 bits per heavy atom. The van der Waals surface area contributed by atoms with Crippen molar-refractivity contribution in [3.05, 3.63) is 70.3 Å². The van der Waals surface area contributed by atoms with E-state index in [4.69, 9.17) is 17.0 Å². The topological polar surface area (TPSA) is 70.2 Å². The molecular formula is C23H28N4O2S. The Hall–Kier alpha value is -2.77. The second kappa shape index (κ2) is 10.8. The van der Waals surface area contributed by atoms with Crippen molar-refractivity contribution in [2.45, 2.75) is 32.7 Å². The van der Waals surface area contributed by atoms with Crippen LogP contribution in [0.4, 0.5) is 5.69 Å². The molecule has 0 saturated heterocycles. The maximum atomic E-state index is 12.4. The normalized spacial score (nSPS) is 10.9. The Morgan fingerprint density at radius 3 is 2.70 bits per heavy atom. The number of unbranched alkanes of at least 4 members (excludes halogenated alkanes) is 1. The Morgan fingerprint density at radius 2 is 1.97 bits per heavy atom. The summed E-state index contributed by atoms with van der Waals surface area (Å²) in [4.78, 5) is 21.8. The van der Waals surface area contributed by atoms with Crippen LogP contribution in [0, 0.1) is 0 Å². The summed E-state index contributed by atoms with van der Waals surface area (Å²) in [5, 5.41) is 4.43. The first-order valence-corrected chi connectivity index (χ1v) is 10.6. The van der Waals surface area contributed by atoms with Gasteiger partial charge in [0.15, 0.2) is 5.11 Å². The molecule has 1 aromatic heterocycles. The van der Waals surface area contributed by atoms with Gasteiger partial charge in [-0.05, 0) is 54.9 Å². The number of para-hydroxylation sites is 1. The first-order chi connectivity index (χ1) is 14.6. The van der Waals surface area contributed by atoms with Crippen molar-refractivity contribution in [2.24, 2.45) is 0 Å². The van der Waals surface area contributed by atoms with Gasteiger partial charge in [-0.3, -0.25) is 4.79 Å². The number of ether oxygens (including phenoxy) is 1. The minimum absolute atomic E-state index is 0.149. The Kier molecular flexibility index (Phi) is 7.93. The average molecular weight is 425 g/mol. The second-order valence-electron chi connectivity index (χ2n) is 7.17. The van der Waals surface area contributed by atoms with Gasteiger partial charge in [0.2, 0.25) is 0 Å². The fourth-order valence-corrected chi connectivity index (χ4v) is 3.46. The number of benzene rings is 2. The minimum Gasteiger partial charge on any atom is -0.383 e. The number of anilines is 1. The molecule has 0 unspecified atom stereocenters. The zero-order chi connectivity index (χ0) is 21.3. The van der Waals surface area contributed by atoms with Crippen molar-refractivity contribution in [2.75, 3.05) is 25.6 Å². The molecule has 2 N–H and O–H groups in total. The third kappa shape index (κ3) is 5.87. The molecule has 0 spiro atoms. The molecule has 3 aromatic rings. The van der Waals surface area contributed by atoms with E-state index in [1.54, 1.807) is 13.2 Å². The molecular weight excluding hydrogens is 396 g/mol. The van der Waals surface area contributed by atoms with Crippen LogP contribution < -0.4 is 10.9 Å². The third-order valence-corrected chi connectivity index (χ3v) is 5.24. The quantitative estimate of drug-likeness (QED) is 0.504. The molecule has 0 bridgehead atoms. The lowest BCUT2D eigenvalue weighted by Gasteiger charge is -2.25. The summed E-state index contributed by atoms with van der Waals surface area (Å²) in [6.45, 7) is 3.66. The fourth-order valence-electron chi connectivity index (χ4n) is 3.18. The number of methoxy groups -OCH3 is 1. The van der Waals surface area contributed by atoms with Gasteiger partial charge in [0.05, 0.1) is 24.1 Å². The summed E-state index contributed by atoms with van der Waals surface area (Å²) >= 11 is 5.64. The van der Waals surface area contributed by atoms with Crippen LogP contribution in [0.2, 0.25) is 0 Å². The largest absolute Gasteiger partial charge is 0.383 e. The molecule has 0 saturated carbocycles. The fraction of sp³-hybridized carbons (Fsp3) is 0.348. The van der Waals surface area contributed by atoms with Crippen molar-refractivity contribution in [3.8, 4) is 0 Å². The summed E-state index contributed by atoms with van der Waals surface area (Å²) in [6.07, 6.45) is 3.46. The first-order valence-electron chi connectivity index (χ1n) is 10.2. The van der Waals surface area contributed by atoms with E-state index in [0.717, 1.165) is 12.1 Å². The molecule has 2 aromatic carbocycles. The third-order valence-electron chi connectivity index (χ3n) is 4.88. The zero-order valence-electron chi connectivity index (χ0n) is 17.5. The van der Waals surface area contributed by atoms with Crippen LogP contribution in [0.15, 0.2) is 53.3 Å². The number of fused-ring (bicyclic) bond motifs is 1. The van der Waals surface area contributed by atoms with Crippen molar-refractivity contribution < 1.29 is 4.74 Å². The molecule has 7 heteroatoms. The predicted molar refractivity (Wildman–Crippen MR) is 126 cm³/mol. The van der Waals surface area contributed by atoms with Gasteiger partial charge in [-0.2, -0.15) is 0 Å². The molecule has 30 heavy (non-hydrogen) atoms. The lowest BCUT2D eigenvalue weighted by Crippen LogP contribution is -2.37. The maximum Gasteiger partial charge on any atom is 0.258 e. The number of nitrogens with one attached hydrogen (secondary N) is 2. The van der Waals surface area contributed by atoms with Gasteiger partial charge in [-0.15, -0.1) is 0 Å². The summed E-state index contributed by atoms with van der Waals surface area (Å²) in [6, 6.07) is 15.6. The van der Waals surface area contributed by atoms with E-state index in [0.29, 0.717) is 41.5 Å². The Bertz CT molecular complexity index is 1030. The Labute approximate surface area is 182 Å². The lowest BCUT2D eigenvalue weighted by molar-refractivity contribution is 0.174. The number of hydrogen-bond acceptors (Lipinski definition) is 4. The number of H-pyrrole nitrogens is 1. The lowest BCUT2D eigenvalue weighted by atomic mass is 10.1. The van der Waals surface area contributed by atoms with Crippen LogP contribution in [-0.4, -0.2) is 40.2 Å². The van der Waals surface area contributed by atoms with E-state index >= 15 is 0 Å². The number of hydrogen-bond donors (Lipinski definition) is 2. The van der Waals surface area contributed by atoms with Crippen molar-refractivity contribution >= 4 is 33.9 Å². The highest BCUT2D eigenvalue weighted by atomic mass is 32.1. The molecule has 0 atom stereocenters. The van der Waals surface area contributed by atoms with Crippen LogP contribution in [-0.2, 0) is 17.7 Å². The summed E-state index contributed by atoms with van der Waals surface area (Å²) in [5.74, 6) is 0.564. The van der Waals surface area contributed by atoms with Crippen molar-refractivity contribution in [3.63, 3.8) is 0 Å². The van der Waals surface area contributed by atoms with Crippen LogP contribution in [0.1, 0.15) is 31.2 Å². The smallest absolute Gasteiger partial charge is 0.258 e. The van der Waals surface area contributed by atoms with Crippen molar-refractivity contribution in [1.29, 1.82) is 0 Å². The van der Waals surface area contributed by atoms with Crippen LogP contribution >= 0.6 is 12.2 Å². The number of thiocarbonyl (C=S) groups is 1. The van der Waals surface area contributed by atoms with Gasteiger partial charge in [0, 0.05) is 19.3 Å². The van der Waals surface area contributed by atoms with Gasteiger partial charge in [-0.25, -0.2) is 4.98 Å². The predicted octanol–water partition coefficient (Wildman–Crippen LogP) is 4.11. The monoisotopic (exact) mass is 424 g/mol. The minimum atomic E-state index is -0.149. The highest BCUT2D eigenvalue weighted by Gasteiger charge is 2.13. The van der Waals surface area contributed by atoms with E-state index in [9.17, 15) is 4.79 Å². The van der Waals surface area contributed by atoms with E-state index < -0.39 is 0 Å². The molecule has 6 nitrogen and oxygen atoms in total. The molecule has 1 heterocycles. The number of nitrogens with zero attached hydrogens (tertiary/aromatic N) is 2. The first kappa shape index (κ1) is 21.9. The highest BCUT2D eigenvalue weighted by molar-refractivity contribution is 7.80. The van der Waals surface area contributed by atoms with Gasteiger partial charge in [0.25, 0.3) is 5.56 Å². The summed E-state index contributed by atoms with van der Waals surface area (Å²) in [5.41, 5.74) is 2.78. The van der Waals surface area contributed by atoms with E-state index in [1.165, 1.54) is 18.4 Å². The summed E-state index contributed by atoms with van der Waals surface area (Å²) in [7, 11) is 1.65. The Balaban J connectivity index is 1.73. The SMILES string of the molecule is CCCCc1ccc(NC(=S)N(CCOC)Cc2nc3ccccc3c(=O)[nH]2)cc1. The zero-order valence-corrected chi connectivity index (χ0v) is 18.3. The van der Waals surface area contributed by atoms with Gasteiger partial charge < -0.3 is 19.9 Å². The highest BCUT2D eigenvalue weighted by Crippen LogP contribution is 2.14. The standard InChI is InChI=1S/C23H28N4O2S/c1-3-4-7-17-10-12-18(13-11-17)24-23(30)27(14-15-29-2)16-21-25-20-9-6-5-8-19(20)22(28)26-21/h5-6,8-13H,3-4,7,14-16H2,1-2H3,(H,24,30)(H,25,26,28). The number of rotatable bonds is 9. The van der Waals surface area contributed by atoms with Gasteiger partial charge in [0.1, 0.15) is 5.82 Å². The number of aromatic nitrogens is 2. The van der Waals surface area contributed by atoms with Crippen LogP contribution in [0.5, 0.6) is 0 Å². The molecule has 0 aliphatic rings. The van der Waals surface area contributed by atoms with Gasteiger partial charge in [-0.1, -0.05) is 37.6 Å². The molecule has 0 amide bonds. The van der Waals surface area contributed by atoms with E-state index in [-0.39, 0.29) is 5.56 Å². The van der Waals surface area contributed by atoms with Gasteiger partial charge >= 0.3 is 0 Å². The number of aryl methyl sites for hydroxylation is 1. The molecule has 3 rings (SSSR count). The number of aromatic amines is 1. The second-order valence-corrected chi connectivity index (χ2v) is 7.56. The van der Waals surface area contributed by atoms with Crippen LogP contribution in [0.3, 0.4) is 0 Å². The maximum absolute atomic E-state index is 12.4. The van der Waals surface area contributed by atoms with Crippen LogP contribution in [0.25, 0.3) is 10.9 Å². The molecule has 158 valence electrons. The molecule has 0 fully saturated rings. The molecule has 0 radical (unpaired) electrons. The summed E-state index contributed by atoms with van der Waals surface area (Å²) < 4.78 is 5.24.